The standard InChI is InChI=1S/C22H19ClN2O4/c1-14(20-11-8-18(26)12-21(20)27)24-25-22(28)16-4-2-15(3-5-16)13-29-19-9-6-17(23)7-10-19/h2-12,26-27H,13H2,1H3,(H,25,28)/b24-14+. The summed E-state index contributed by atoms with van der Waals surface area (Å²) in [7, 11) is 0. The average Bonchev–Trinajstić information content (AvgIpc) is 2.72. The summed E-state index contributed by atoms with van der Waals surface area (Å²) in [6, 6.07) is 18.2. The maximum atomic E-state index is 12.3. The Bertz CT molecular complexity index is 1030. The number of halogens is 1. The second-order valence-electron chi connectivity index (χ2n) is 6.28. The van der Waals surface area contributed by atoms with Crippen molar-refractivity contribution >= 4 is 23.2 Å². The number of nitrogens with one attached hydrogen (secondary N) is 1. The Balaban J connectivity index is 1.59. The topological polar surface area (TPSA) is 91.2 Å². The summed E-state index contributed by atoms with van der Waals surface area (Å²) in [6.45, 7) is 2.00. The van der Waals surface area contributed by atoms with Gasteiger partial charge in [0.05, 0.1) is 5.71 Å². The highest BCUT2D eigenvalue weighted by atomic mass is 35.5. The number of benzene rings is 3. The van der Waals surface area contributed by atoms with Crippen molar-refractivity contribution in [1.29, 1.82) is 0 Å². The minimum Gasteiger partial charge on any atom is -0.508 e. The van der Waals surface area contributed by atoms with Crippen LogP contribution in [0.1, 0.15) is 28.4 Å². The van der Waals surface area contributed by atoms with Crippen LogP contribution < -0.4 is 10.2 Å². The van der Waals surface area contributed by atoms with Gasteiger partial charge in [0.1, 0.15) is 23.9 Å². The van der Waals surface area contributed by atoms with Gasteiger partial charge >= 0.3 is 0 Å². The van der Waals surface area contributed by atoms with Crippen LogP contribution >= 0.6 is 11.6 Å². The molecule has 0 unspecified atom stereocenters. The molecule has 0 heterocycles. The van der Waals surface area contributed by atoms with Crippen LogP contribution in [0.3, 0.4) is 0 Å². The van der Waals surface area contributed by atoms with Crippen molar-refractivity contribution in [2.24, 2.45) is 5.10 Å². The van der Waals surface area contributed by atoms with Crippen LogP contribution in [-0.2, 0) is 6.61 Å². The molecule has 7 heteroatoms. The molecule has 3 N–H and O–H groups in total. The lowest BCUT2D eigenvalue weighted by Crippen LogP contribution is -2.19. The zero-order valence-corrected chi connectivity index (χ0v) is 16.3. The molecule has 0 bridgehead atoms. The van der Waals surface area contributed by atoms with Gasteiger partial charge in [0.15, 0.2) is 0 Å². The van der Waals surface area contributed by atoms with Crippen molar-refractivity contribution in [2.75, 3.05) is 0 Å². The minimum atomic E-state index is -0.382. The number of phenolic OH excluding ortho intramolecular Hbond substituents is 2. The van der Waals surface area contributed by atoms with Crippen molar-refractivity contribution in [2.45, 2.75) is 13.5 Å². The first kappa shape index (κ1) is 20.2. The Kier molecular flexibility index (Phi) is 6.36. The lowest BCUT2D eigenvalue weighted by atomic mass is 10.1. The van der Waals surface area contributed by atoms with E-state index in [0.29, 0.717) is 34.2 Å². The van der Waals surface area contributed by atoms with E-state index >= 15 is 0 Å². The summed E-state index contributed by atoms with van der Waals surface area (Å²) in [5.41, 5.74) is 4.62. The number of phenols is 2. The second-order valence-corrected chi connectivity index (χ2v) is 6.72. The summed E-state index contributed by atoms with van der Waals surface area (Å²) in [6.07, 6.45) is 0. The highest BCUT2D eigenvalue weighted by Crippen LogP contribution is 2.23. The summed E-state index contributed by atoms with van der Waals surface area (Å²) in [4.78, 5) is 12.3. The molecule has 0 aromatic heterocycles. The largest absolute Gasteiger partial charge is 0.508 e. The van der Waals surface area contributed by atoms with Crippen molar-refractivity contribution in [1.82, 2.24) is 5.43 Å². The van der Waals surface area contributed by atoms with Crippen molar-refractivity contribution < 1.29 is 19.7 Å². The fourth-order valence-electron chi connectivity index (χ4n) is 2.54. The van der Waals surface area contributed by atoms with Gasteiger partial charge in [0.25, 0.3) is 5.91 Å². The summed E-state index contributed by atoms with van der Waals surface area (Å²) in [5.74, 6) is 0.153. The number of ether oxygens (including phenoxy) is 1. The van der Waals surface area contributed by atoms with E-state index in [2.05, 4.69) is 10.5 Å². The molecule has 0 aliphatic carbocycles. The van der Waals surface area contributed by atoms with Crippen LogP contribution in [0.4, 0.5) is 0 Å². The molecule has 0 aliphatic heterocycles. The highest BCUT2D eigenvalue weighted by molar-refractivity contribution is 6.30. The van der Waals surface area contributed by atoms with E-state index < -0.39 is 0 Å². The van der Waals surface area contributed by atoms with Gasteiger partial charge in [-0.3, -0.25) is 4.79 Å². The van der Waals surface area contributed by atoms with Gasteiger partial charge in [-0.2, -0.15) is 5.10 Å². The Hall–Kier alpha value is -3.51. The predicted octanol–water partition coefficient (Wildman–Crippen LogP) is 4.48. The molecular weight excluding hydrogens is 392 g/mol. The molecule has 0 saturated heterocycles. The van der Waals surface area contributed by atoms with Crippen molar-refractivity contribution in [3.05, 3.63) is 88.4 Å². The van der Waals surface area contributed by atoms with Crippen LogP contribution in [0.5, 0.6) is 17.2 Å². The molecule has 0 spiro atoms. The number of hydrogen-bond donors (Lipinski definition) is 3. The van der Waals surface area contributed by atoms with Gasteiger partial charge in [-0.25, -0.2) is 5.43 Å². The maximum Gasteiger partial charge on any atom is 0.271 e. The second kappa shape index (κ2) is 9.12. The monoisotopic (exact) mass is 410 g/mol. The zero-order valence-electron chi connectivity index (χ0n) is 15.6. The van der Waals surface area contributed by atoms with E-state index in [-0.39, 0.29) is 17.4 Å². The molecule has 3 aromatic carbocycles. The summed E-state index contributed by atoms with van der Waals surface area (Å²) < 4.78 is 5.67. The molecule has 6 nitrogen and oxygen atoms in total. The summed E-state index contributed by atoms with van der Waals surface area (Å²) in [5, 5.41) is 23.8. The van der Waals surface area contributed by atoms with Crippen LogP contribution in [0.15, 0.2) is 71.8 Å². The molecule has 3 aromatic rings. The van der Waals surface area contributed by atoms with E-state index in [4.69, 9.17) is 16.3 Å². The number of carbonyl (C=O) groups is 1. The van der Waals surface area contributed by atoms with Gasteiger partial charge in [0.2, 0.25) is 0 Å². The molecule has 29 heavy (non-hydrogen) atoms. The Morgan fingerprint density at radius 2 is 1.72 bits per heavy atom. The Labute approximate surface area is 173 Å². The van der Waals surface area contributed by atoms with Gasteiger partial charge < -0.3 is 14.9 Å². The third-order valence-corrected chi connectivity index (χ3v) is 4.38. The van der Waals surface area contributed by atoms with Crippen molar-refractivity contribution in [3.63, 3.8) is 0 Å². The molecule has 0 saturated carbocycles. The highest BCUT2D eigenvalue weighted by Gasteiger charge is 2.08. The minimum absolute atomic E-state index is 0.0526. The van der Waals surface area contributed by atoms with Gasteiger partial charge in [-0.1, -0.05) is 23.7 Å². The molecule has 0 fully saturated rings. The number of amides is 1. The van der Waals surface area contributed by atoms with Gasteiger partial charge in [-0.05, 0) is 61.0 Å². The molecular formula is C22H19ClN2O4. The van der Waals surface area contributed by atoms with Crippen LogP contribution in [0.2, 0.25) is 5.02 Å². The van der Waals surface area contributed by atoms with Gasteiger partial charge in [0, 0.05) is 22.2 Å². The SMILES string of the molecule is C/C(=N\NC(=O)c1ccc(COc2ccc(Cl)cc2)cc1)c1ccc(O)cc1O. The molecule has 148 valence electrons. The van der Waals surface area contributed by atoms with E-state index in [1.54, 1.807) is 55.5 Å². The number of hydrazone groups is 1. The fourth-order valence-corrected chi connectivity index (χ4v) is 2.66. The number of aromatic hydroxyl groups is 2. The van der Waals surface area contributed by atoms with E-state index in [1.807, 2.05) is 0 Å². The van der Waals surface area contributed by atoms with E-state index in [9.17, 15) is 15.0 Å². The van der Waals surface area contributed by atoms with E-state index in [1.165, 1.54) is 18.2 Å². The maximum absolute atomic E-state index is 12.3. The number of nitrogens with zero attached hydrogens (tertiary/aromatic N) is 1. The molecule has 1 amide bonds. The van der Waals surface area contributed by atoms with Crippen molar-refractivity contribution in [3.8, 4) is 17.2 Å². The third kappa shape index (κ3) is 5.49. The third-order valence-electron chi connectivity index (χ3n) is 4.13. The number of hydrogen-bond acceptors (Lipinski definition) is 5. The van der Waals surface area contributed by atoms with Crippen LogP contribution in [0.25, 0.3) is 0 Å². The van der Waals surface area contributed by atoms with Gasteiger partial charge in [-0.15, -0.1) is 0 Å². The Morgan fingerprint density at radius 1 is 1.03 bits per heavy atom. The molecule has 0 aliphatic rings. The zero-order chi connectivity index (χ0) is 20.8. The van der Waals surface area contributed by atoms with Crippen LogP contribution in [0, 0.1) is 0 Å². The summed E-state index contributed by atoms with van der Waals surface area (Å²) >= 11 is 5.84. The number of rotatable bonds is 6. The predicted molar refractivity (Wildman–Crippen MR) is 112 cm³/mol. The molecule has 0 radical (unpaired) electrons. The first-order valence-electron chi connectivity index (χ1n) is 8.76. The molecule has 0 atom stereocenters. The fraction of sp³-hybridized carbons (Fsp3) is 0.0909. The van der Waals surface area contributed by atoms with Crippen LogP contribution in [-0.4, -0.2) is 21.8 Å². The Morgan fingerprint density at radius 3 is 2.38 bits per heavy atom. The lowest BCUT2D eigenvalue weighted by molar-refractivity contribution is 0.0954. The number of carbonyl (C=O) groups excluding carboxylic acids is 1. The molecule has 3 rings (SSSR count). The lowest BCUT2D eigenvalue weighted by Gasteiger charge is -2.08. The average molecular weight is 411 g/mol. The van der Waals surface area contributed by atoms with E-state index in [0.717, 1.165) is 5.56 Å². The first-order valence-corrected chi connectivity index (χ1v) is 9.14. The quantitative estimate of drug-likeness (QED) is 0.412. The smallest absolute Gasteiger partial charge is 0.271 e. The first-order chi connectivity index (χ1) is 13.9. The normalized spacial score (nSPS) is 11.2.